The predicted molar refractivity (Wildman–Crippen MR) is 33.5 cm³/mol. The number of nitrogens with one attached hydrogen (secondary N) is 1. The van der Waals surface area contributed by atoms with Crippen molar-refractivity contribution in [2.45, 2.75) is 12.6 Å². The summed E-state index contributed by atoms with van der Waals surface area (Å²) in [6.07, 6.45) is -1.52. The third-order valence-electron chi connectivity index (χ3n) is 1.69. The standard InChI is InChI=1S/C6H10FNO2/c7-5(1-6(9)10)4-2-8-3-4/h4-5,8H,1-3H2,(H,9,10). The van der Waals surface area contributed by atoms with E-state index in [0.29, 0.717) is 13.1 Å². The molecule has 0 aliphatic carbocycles. The monoisotopic (exact) mass is 147 g/mol. The number of carboxylic acids is 1. The van der Waals surface area contributed by atoms with E-state index in [0.717, 1.165) is 0 Å². The lowest BCUT2D eigenvalue weighted by atomic mass is 9.95. The molecule has 0 aromatic carbocycles. The molecule has 0 bridgehead atoms. The third-order valence-corrected chi connectivity index (χ3v) is 1.69. The van der Waals surface area contributed by atoms with Gasteiger partial charge in [0.25, 0.3) is 0 Å². The lowest BCUT2D eigenvalue weighted by Crippen LogP contribution is -2.47. The fourth-order valence-corrected chi connectivity index (χ4v) is 0.900. The Kier molecular flexibility index (Phi) is 2.21. The zero-order valence-corrected chi connectivity index (χ0v) is 5.51. The van der Waals surface area contributed by atoms with Gasteiger partial charge in [-0.25, -0.2) is 4.39 Å². The minimum atomic E-state index is -1.17. The maximum absolute atomic E-state index is 12.7. The highest BCUT2D eigenvalue weighted by Crippen LogP contribution is 2.15. The van der Waals surface area contributed by atoms with Crippen LogP contribution in [0.25, 0.3) is 0 Å². The number of rotatable bonds is 3. The average molecular weight is 147 g/mol. The van der Waals surface area contributed by atoms with Gasteiger partial charge in [-0.3, -0.25) is 4.79 Å². The van der Waals surface area contributed by atoms with Gasteiger partial charge in [-0.1, -0.05) is 0 Å². The molecule has 0 saturated carbocycles. The molecule has 58 valence electrons. The molecule has 1 unspecified atom stereocenters. The number of carboxylic acid groups (broad SMARTS) is 1. The molecule has 1 saturated heterocycles. The largest absolute Gasteiger partial charge is 0.481 e. The van der Waals surface area contributed by atoms with Gasteiger partial charge in [-0.15, -0.1) is 0 Å². The summed E-state index contributed by atoms with van der Waals surface area (Å²) in [5, 5.41) is 11.1. The van der Waals surface area contributed by atoms with Gasteiger partial charge in [-0.2, -0.15) is 0 Å². The zero-order valence-electron chi connectivity index (χ0n) is 5.51. The molecule has 1 atom stereocenters. The van der Waals surface area contributed by atoms with Crippen molar-refractivity contribution in [3.8, 4) is 0 Å². The Morgan fingerprint density at radius 3 is 2.70 bits per heavy atom. The summed E-state index contributed by atoms with van der Waals surface area (Å²) in [6, 6.07) is 0. The lowest BCUT2D eigenvalue weighted by molar-refractivity contribution is -0.139. The molecule has 10 heavy (non-hydrogen) atoms. The molecule has 0 aromatic rings. The molecule has 0 spiro atoms. The van der Waals surface area contributed by atoms with E-state index in [1.165, 1.54) is 0 Å². The summed E-state index contributed by atoms with van der Waals surface area (Å²) in [5.41, 5.74) is 0. The molecule has 1 rings (SSSR count). The van der Waals surface area contributed by atoms with Gasteiger partial charge >= 0.3 is 5.97 Å². The molecule has 2 N–H and O–H groups in total. The SMILES string of the molecule is O=C(O)CC(F)C1CNC1. The van der Waals surface area contributed by atoms with Crippen LogP contribution in [-0.4, -0.2) is 30.3 Å². The van der Waals surface area contributed by atoms with E-state index >= 15 is 0 Å². The van der Waals surface area contributed by atoms with Gasteiger partial charge in [-0.05, 0) is 0 Å². The zero-order chi connectivity index (χ0) is 7.56. The van der Waals surface area contributed by atoms with Crippen LogP contribution in [0.2, 0.25) is 0 Å². The Labute approximate surface area is 58.2 Å². The molecule has 1 heterocycles. The molecule has 1 aliphatic heterocycles. The number of carbonyl (C=O) groups is 1. The molecule has 0 aromatic heterocycles. The third kappa shape index (κ3) is 1.67. The van der Waals surface area contributed by atoms with Crippen molar-refractivity contribution in [2.75, 3.05) is 13.1 Å². The summed E-state index contributed by atoms with van der Waals surface area (Å²) in [4.78, 5) is 9.99. The summed E-state index contributed by atoms with van der Waals surface area (Å²) in [7, 11) is 0. The van der Waals surface area contributed by atoms with Gasteiger partial charge in [0.1, 0.15) is 6.17 Å². The van der Waals surface area contributed by atoms with Crippen LogP contribution in [0.1, 0.15) is 6.42 Å². The Balaban J connectivity index is 2.19. The normalized spacial score (nSPS) is 21.7. The Bertz CT molecular complexity index is 136. The van der Waals surface area contributed by atoms with Crippen LogP contribution < -0.4 is 5.32 Å². The molecule has 1 fully saturated rings. The first-order valence-electron chi connectivity index (χ1n) is 3.26. The predicted octanol–water partition coefficient (Wildman–Crippen LogP) is 0.0186. The average Bonchev–Trinajstić information content (AvgIpc) is 1.55. The van der Waals surface area contributed by atoms with E-state index < -0.39 is 12.1 Å². The number of hydrogen-bond acceptors (Lipinski definition) is 2. The summed E-state index contributed by atoms with van der Waals surface area (Å²) in [5.74, 6) is -1.13. The van der Waals surface area contributed by atoms with E-state index in [1.54, 1.807) is 0 Å². The van der Waals surface area contributed by atoms with Crippen LogP contribution in [0, 0.1) is 5.92 Å². The molecular formula is C6H10FNO2. The molecule has 0 radical (unpaired) electrons. The van der Waals surface area contributed by atoms with Crippen molar-refractivity contribution >= 4 is 5.97 Å². The van der Waals surface area contributed by atoms with Crippen LogP contribution in [0.4, 0.5) is 4.39 Å². The van der Waals surface area contributed by atoms with Crippen LogP contribution in [0.5, 0.6) is 0 Å². The van der Waals surface area contributed by atoms with Gasteiger partial charge in [0.05, 0.1) is 6.42 Å². The van der Waals surface area contributed by atoms with Gasteiger partial charge in [0.15, 0.2) is 0 Å². The van der Waals surface area contributed by atoms with Gasteiger partial charge in [0.2, 0.25) is 0 Å². The van der Waals surface area contributed by atoms with Crippen LogP contribution in [0.3, 0.4) is 0 Å². The summed E-state index contributed by atoms with van der Waals surface area (Å²) < 4.78 is 12.7. The minimum Gasteiger partial charge on any atom is -0.481 e. The second-order valence-electron chi connectivity index (χ2n) is 2.53. The van der Waals surface area contributed by atoms with Crippen LogP contribution in [-0.2, 0) is 4.79 Å². The molecule has 4 heteroatoms. The van der Waals surface area contributed by atoms with Crippen LogP contribution >= 0.6 is 0 Å². The maximum atomic E-state index is 12.7. The summed E-state index contributed by atoms with van der Waals surface area (Å²) >= 11 is 0. The smallest absolute Gasteiger partial charge is 0.306 e. The first-order chi connectivity index (χ1) is 4.70. The fraction of sp³-hybridized carbons (Fsp3) is 0.833. The summed E-state index contributed by atoms with van der Waals surface area (Å²) in [6.45, 7) is 1.24. The highest BCUT2D eigenvalue weighted by molar-refractivity contribution is 5.67. The van der Waals surface area contributed by atoms with Crippen molar-refractivity contribution < 1.29 is 14.3 Å². The van der Waals surface area contributed by atoms with Crippen molar-refractivity contribution in [2.24, 2.45) is 5.92 Å². The van der Waals surface area contributed by atoms with Gasteiger partial charge < -0.3 is 10.4 Å². The number of halogens is 1. The van der Waals surface area contributed by atoms with Crippen molar-refractivity contribution in [1.82, 2.24) is 5.32 Å². The van der Waals surface area contributed by atoms with E-state index in [2.05, 4.69) is 5.32 Å². The van der Waals surface area contributed by atoms with Crippen molar-refractivity contribution in [3.05, 3.63) is 0 Å². The lowest BCUT2D eigenvalue weighted by Gasteiger charge is -2.29. The molecular weight excluding hydrogens is 137 g/mol. The second kappa shape index (κ2) is 2.96. The Morgan fingerprint density at radius 2 is 2.40 bits per heavy atom. The van der Waals surface area contributed by atoms with Crippen molar-refractivity contribution in [3.63, 3.8) is 0 Å². The van der Waals surface area contributed by atoms with E-state index in [-0.39, 0.29) is 12.3 Å². The topological polar surface area (TPSA) is 49.3 Å². The minimum absolute atomic E-state index is 0.0731. The number of hydrogen-bond donors (Lipinski definition) is 2. The number of aliphatic carboxylic acids is 1. The van der Waals surface area contributed by atoms with Crippen LogP contribution in [0.15, 0.2) is 0 Å². The first kappa shape index (κ1) is 7.47. The highest BCUT2D eigenvalue weighted by atomic mass is 19.1. The van der Waals surface area contributed by atoms with Gasteiger partial charge in [0, 0.05) is 19.0 Å². The second-order valence-corrected chi connectivity index (χ2v) is 2.53. The van der Waals surface area contributed by atoms with Crippen molar-refractivity contribution in [1.29, 1.82) is 0 Å². The fourth-order valence-electron chi connectivity index (χ4n) is 0.900. The molecule has 0 amide bonds. The quantitative estimate of drug-likeness (QED) is 0.591. The number of alkyl halides is 1. The Hall–Kier alpha value is -0.640. The van der Waals surface area contributed by atoms with E-state index in [9.17, 15) is 9.18 Å². The highest BCUT2D eigenvalue weighted by Gasteiger charge is 2.28. The molecule has 3 nitrogen and oxygen atoms in total. The molecule has 1 aliphatic rings. The maximum Gasteiger partial charge on any atom is 0.306 e. The Morgan fingerprint density at radius 1 is 1.80 bits per heavy atom. The van der Waals surface area contributed by atoms with E-state index in [1.807, 2.05) is 0 Å². The first-order valence-corrected chi connectivity index (χ1v) is 3.26. The van der Waals surface area contributed by atoms with E-state index in [4.69, 9.17) is 5.11 Å².